The second-order valence-corrected chi connectivity index (χ2v) is 6.09. The number of thioether (sulfide) groups is 1. The summed E-state index contributed by atoms with van der Waals surface area (Å²) in [6.07, 6.45) is 4.90. The maximum atomic E-state index is 8.84. The topological polar surface area (TPSA) is 48.2 Å². The Balaban J connectivity index is 0.000000970. The van der Waals surface area contributed by atoms with E-state index in [2.05, 4.69) is 42.2 Å². The van der Waals surface area contributed by atoms with E-state index < -0.39 is 0 Å². The van der Waals surface area contributed by atoms with Crippen LogP contribution in [0.15, 0.2) is 65.3 Å². The van der Waals surface area contributed by atoms with E-state index in [4.69, 9.17) is 5.26 Å². The van der Waals surface area contributed by atoms with Gasteiger partial charge in [-0.15, -0.1) is 0 Å². The van der Waals surface area contributed by atoms with Gasteiger partial charge in [-0.05, 0) is 48.9 Å². The molecule has 0 radical (unpaired) electrons. The van der Waals surface area contributed by atoms with Gasteiger partial charge in [-0.2, -0.15) is 17.0 Å². The van der Waals surface area contributed by atoms with Crippen molar-refractivity contribution in [2.24, 2.45) is 4.99 Å². The molecule has 0 unspecified atom stereocenters. The van der Waals surface area contributed by atoms with Gasteiger partial charge in [-0.25, -0.2) is 0 Å². The summed E-state index contributed by atoms with van der Waals surface area (Å²) < 4.78 is 0. The van der Waals surface area contributed by atoms with Crippen LogP contribution in [-0.2, 0) is 6.54 Å². The zero-order valence-corrected chi connectivity index (χ0v) is 15.9. The highest BCUT2D eigenvalue weighted by atomic mass is 32.2. The highest BCUT2D eigenvalue weighted by Gasteiger charge is 2.07. The first-order valence-electron chi connectivity index (χ1n) is 8.08. The van der Waals surface area contributed by atoms with Crippen LogP contribution in [-0.4, -0.2) is 19.2 Å². The molecule has 130 valence electrons. The Hall–Kier alpha value is -2.51. The lowest BCUT2D eigenvalue weighted by molar-refractivity contribution is 0.870. The van der Waals surface area contributed by atoms with E-state index in [9.17, 15) is 0 Å². The predicted molar refractivity (Wildman–Crippen MR) is 111 cm³/mol. The third kappa shape index (κ3) is 6.86. The van der Waals surface area contributed by atoms with Crippen LogP contribution < -0.4 is 5.32 Å². The van der Waals surface area contributed by atoms with E-state index in [0.717, 1.165) is 28.9 Å². The van der Waals surface area contributed by atoms with Crippen molar-refractivity contribution in [3.05, 3.63) is 77.0 Å². The second kappa shape index (κ2) is 11.9. The van der Waals surface area contributed by atoms with Crippen LogP contribution in [0.4, 0.5) is 0 Å². The quantitative estimate of drug-likeness (QED) is 0.736. The molecule has 2 aromatic rings. The summed E-state index contributed by atoms with van der Waals surface area (Å²) in [6.45, 7) is 6.41. The van der Waals surface area contributed by atoms with Gasteiger partial charge in [0.1, 0.15) is 0 Å². The summed E-state index contributed by atoms with van der Waals surface area (Å²) >= 11 is 1.75. The molecule has 0 aromatic heterocycles. The Morgan fingerprint density at radius 2 is 1.72 bits per heavy atom. The van der Waals surface area contributed by atoms with Crippen molar-refractivity contribution in [3.8, 4) is 6.07 Å². The van der Waals surface area contributed by atoms with Gasteiger partial charge < -0.3 is 5.32 Å². The summed E-state index contributed by atoms with van der Waals surface area (Å²) in [4.78, 5) is 4.15. The molecular formula is C21H25N3S. The van der Waals surface area contributed by atoms with E-state index in [0.29, 0.717) is 12.1 Å². The monoisotopic (exact) mass is 351 g/mol. The molecule has 0 aliphatic carbocycles. The minimum absolute atomic E-state index is 0.671. The van der Waals surface area contributed by atoms with Crippen molar-refractivity contribution in [3.63, 3.8) is 0 Å². The lowest BCUT2D eigenvalue weighted by atomic mass is 10.1. The first-order valence-corrected chi connectivity index (χ1v) is 9.71. The molecule has 4 heteroatoms. The normalized spacial score (nSPS) is 10.6. The number of rotatable bonds is 6. The fraction of sp³-hybridized carbons (Fsp3) is 0.238. The largest absolute Gasteiger partial charge is 0.379 e. The molecule has 2 rings (SSSR count). The van der Waals surface area contributed by atoms with E-state index in [1.807, 2.05) is 55.0 Å². The van der Waals surface area contributed by atoms with Crippen molar-refractivity contribution in [1.82, 2.24) is 5.32 Å². The molecule has 0 aliphatic rings. The predicted octanol–water partition coefficient (Wildman–Crippen LogP) is 5.11. The lowest BCUT2D eigenvalue weighted by Crippen LogP contribution is -2.13. The number of hydrogen-bond donors (Lipinski definition) is 1. The molecule has 3 nitrogen and oxygen atoms in total. The number of nitrogens with zero attached hydrogens (tertiary/aromatic N) is 2. The standard InChI is InChI=1S/C19H19N3.C2H6S/c1-3-18(21-2)19(17-7-5-4-6-8-17)22-14-16-11-9-15(13-20)10-12-16;1-3-2/h4-12,22H,2-3,14H2,1H3;1-2H3/b19-18-;. The lowest BCUT2D eigenvalue weighted by Gasteiger charge is -2.14. The summed E-state index contributed by atoms with van der Waals surface area (Å²) in [5.74, 6) is 0. The van der Waals surface area contributed by atoms with Crippen molar-refractivity contribution < 1.29 is 0 Å². The molecule has 0 saturated heterocycles. The third-order valence-electron chi connectivity index (χ3n) is 3.43. The molecule has 0 amide bonds. The SMILES string of the molecule is C=N/C(CC)=C(\NCc1ccc(C#N)cc1)c1ccccc1.CSC. The minimum atomic E-state index is 0.671. The van der Waals surface area contributed by atoms with Gasteiger partial charge in [0.25, 0.3) is 0 Å². The molecule has 2 aromatic carbocycles. The zero-order chi connectivity index (χ0) is 18.5. The van der Waals surface area contributed by atoms with Crippen molar-refractivity contribution >= 4 is 24.2 Å². The van der Waals surface area contributed by atoms with Crippen molar-refractivity contribution in [2.75, 3.05) is 12.5 Å². The van der Waals surface area contributed by atoms with Gasteiger partial charge in [-0.3, -0.25) is 4.99 Å². The smallest absolute Gasteiger partial charge is 0.0991 e. The highest BCUT2D eigenvalue weighted by molar-refractivity contribution is 7.97. The Bertz CT molecular complexity index is 713. The van der Waals surface area contributed by atoms with Crippen LogP contribution in [0.5, 0.6) is 0 Å². The Kier molecular flexibility index (Phi) is 9.81. The summed E-state index contributed by atoms with van der Waals surface area (Å²) in [6, 6.07) is 19.8. The average molecular weight is 352 g/mol. The van der Waals surface area contributed by atoms with Crippen molar-refractivity contribution in [1.29, 1.82) is 5.26 Å². The van der Waals surface area contributed by atoms with Crippen molar-refractivity contribution in [2.45, 2.75) is 19.9 Å². The molecule has 0 saturated carbocycles. The first-order chi connectivity index (χ1) is 12.2. The molecule has 0 fully saturated rings. The van der Waals surface area contributed by atoms with Crippen LogP contribution in [0.1, 0.15) is 30.0 Å². The van der Waals surface area contributed by atoms with Gasteiger partial charge in [0.15, 0.2) is 0 Å². The van der Waals surface area contributed by atoms with Crippen LogP contribution in [0.25, 0.3) is 5.70 Å². The number of benzene rings is 2. The molecule has 0 atom stereocenters. The van der Waals surface area contributed by atoms with Gasteiger partial charge in [0, 0.05) is 6.54 Å². The van der Waals surface area contributed by atoms with Gasteiger partial charge in [0.2, 0.25) is 0 Å². The fourth-order valence-electron chi connectivity index (χ4n) is 2.23. The first kappa shape index (κ1) is 20.5. The molecule has 0 heterocycles. The number of nitrogens with one attached hydrogen (secondary N) is 1. The Morgan fingerprint density at radius 1 is 1.12 bits per heavy atom. The molecule has 1 N–H and O–H groups in total. The minimum Gasteiger partial charge on any atom is -0.379 e. The molecule has 0 bridgehead atoms. The number of hydrogen-bond acceptors (Lipinski definition) is 4. The number of nitriles is 1. The van der Waals surface area contributed by atoms with Gasteiger partial charge >= 0.3 is 0 Å². The van der Waals surface area contributed by atoms with Crippen LogP contribution in [0, 0.1) is 11.3 Å². The summed E-state index contributed by atoms with van der Waals surface area (Å²) in [5.41, 5.74) is 4.83. The molecule has 0 spiro atoms. The maximum Gasteiger partial charge on any atom is 0.0991 e. The average Bonchev–Trinajstić information content (AvgIpc) is 2.67. The van der Waals surface area contributed by atoms with E-state index in [1.165, 1.54) is 0 Å². The number of allylic oxidation sites excluding steroid dienone is 1. The maximum absolute atomic E-state index is 8.84. The van der Waals surface area contributed by atoms with Crippen LogP contribution in [0.2, 0.25) is 0 Å². The van der Waals surface area contributed by atoms with E-state index >= 15 is 0 Å². The molecular weight excluding hydrogens is 326 g/mol. The Labute approximate surface area is 155 Å². The molecule has 25 heavy (non-hydrogen) atoms. The summed E-state index contributed by atoms with van der Waals surface area (Å²) in [5, 5.41) is 12.3. The van der Waals surface area contributed by atoms with E-state index in [-0.39, 0.29) is 0 Å². The third-order valence-corrected chi connectivity index (χ3v) is 3.43. The van der Waals surface area contributed by atoms with Crippen LogP contribution in [0.3, 0.4) is 0 Å². The zero-order valence-electron chi connectivity index (χ0n) is 15.1. The second-order valence-electron chi connectivity index (χ2n) is 5.27. The molecule has 0 aliphatic heterocycles. The van der Waals surface area contributed by atoms with E-state index in [1.54, 1.807) is 11.8 Å². The van der Waals surface area contributed by atoms with Gasteiger partial charge in [-0.1, -0.05) is 49.4 Å². The van der Waals surface area contributed by atoms with Crippen LogP contribution >= 0.6 is 11.8 Å². The van der Waals surface area contributed by atoms with Gasteiger partial charge in [0.05, 0.1) is 23.0 Å². The fourth-order valence-corrected chi connectivity index (χ4v) is 2.23. The summed E-state index contributed by atoms with van der Waals surface area (Å²) in [7, 11) is 0. The highest BCUT2D eigenvalue weighted by Crippen LogP contribution is 2.19. The Morgan fingerprint density at radius 3 is 2.20 bits per heavy atom. The number of aliphatic imine (C=N–C) groups is 1.